The zero-order valence-corrected chi connectivity index (χ0v) is 14.5. The number of hydrogen-bond acceptors (Lipinski definition) is 3. The van der Waals surface area contributed by atoms with Gasteiger partial charge in [0.15, 0.2) is 5.69 Å². The van der Waals surface area contributed by atoms with Crippen molar-refractivity contribution in [3.8, 4) is 0 Å². The van der Waals surface area contributed by atoms with Gasteiger partial charge in [-0.1, -0.05) is 0 Å². The fourth-order valence-electron chi connectivity index (χ4n) is 2.49. The Morgan fingerprint density at radius 1 is 1.25 bits per heavy atom. The summed E-state index contributed by atoms with van der Waals surface area (Å²) in [7, 11) is 0. The van der Waals surface area contributed by atoms with E-state index in [-0.39, 0.29) is 48.0 Å². The Morgan fingerprint density at radius 2 is 1.95 bits per heavy atom. The van der Waals surface area contributed by atoms with Crippen LogP contribution >= 0.6 is 0 Å². The number of rotatable bonds is 1. The van der Waals surface area contributed by atoms with Crippen molar-refractivity contribution in [3.63, 3.8) is 0 Å². The van der Waals surface area contributed by atoms with Crippen molar-refractivity contribution in [2.24, 2.45) is 0 Å². The quantitative estimate of drug-likeness (QED) is 0.557. The van der Waals surface area contributed by atoms with E-state index in [1.807, 2.05) is 0 Å². The fourth-order valence-corrected chi connectivity index (χ4v) is 2.49. The molecule has 2 aromatic heterocycles. The van der Waals surface area contributed by atoms with E-state index < -0.39 is 11.9 Å². The number of alkyl halides is 3. The summed E-state index contributed by atoms with van der Waals surface area (Å²) in [6.45, 7) is 0. The first-order chi connectivity index (χ1) is 9.00. The van der Waals surface area contributed by atoms with Crippen LogP contribution in [-0.4, -0.2) is 20.9 Å². The third kappa shape index (κ3) is 2.51. The monoisotopic (exact) mass is 506 g/mol. The van der Waals surface area contributed by atoms with Crippen molar-refractivity contribution in [3.05, 3.63) is 28.7 Å². The molecule has 8 heteroatoms. The SMILES string of the molecule is O=[C-]c1cc2nc3c(c(C(F)(F)F)n2n1)CCCC3.[U]. The van der Waals surface area contributed by atoms with E-state index in [1.54, 1.807) is 0 Å². The van der Waals surface area contributed by atoms with Gasteiger partial charge in [0.25, 0.3) is 0 Å². The van der Waals surface area contributed by atoms with Crippen LogP contribution in [0, 0.1) is 31.1 Å². The van der Waals surface area contributed by atoms with E-state index in [4.69, 9.17) is 0 Å². The minimum atomic E-state index is -4.52. The van der Waals surface area contributed by atoms with Gasteiger partial charge in [-0.25, -0.2) is 9.61 Å². The predicted molar refractivity (Wildman–Crippen MR) is 59.4 cm³/mol. The third-order valence-corrected chi connectivity index (χ3v) is 3.25. The molecule has 0 radical (unpaired) electrons. The van der Waals surface area contributed by atoms with E-state index in [9.17, 15) is 18.0 Å². The first-order valence-electron chi connectivity index (χ1n) is 5.87. The van der Waals surface area contributed by atoms with Crippen molar-refractivity contribution in [1.82, 2.24) is 14.6 Å². The molecule has 2 aromatic rings. The van der Waals surface area contributed by atoms with Crippen molar-refractivity contribution < 1.29 is 49.1 Å². The summed E-state index contributed by atoms with van der Waals surface area (Å²) in [5, 5.41) is 3.62. The normalized spacial score (nSPS) is 14.8. The van der Waals surface area contributed by atoms with Crippen LogP contribution in [0.4, 0.5) is 13.2 Å². The molecule has 1 aliphatic rings. The molecule has 0 aromatic carbocycles. The Labute approximate surface area is 136 Å². The molecule has 2 heterocycles. The van der Waals surface area contributed by atoms with Gasteiger partial charge >= 0.3 is 6.18 Å². The smallest absolute Gasteiger partial charge is 0.417 e. The van der Waals surface area contributed by atoms with E-state index in [2.05, 4.69) is 10.1 Å². The molecular formula is C12H9F3N3OU-. The Morgan fingerprint density at radius 3 is 2.60 bits per heavy atom. The molecule has 20 heavy (non-hydrogen) atoms. The summed E-state index contributed by atoms with van der Waals surface area (Å²) in [5.41, 5.74) is -0.268. The molecule has 0 bridgehead atoms. The molecule has 3 rings (SSSR count). The second-order valence-corrected chi connectivity index (χ2v) is 4.49. The minimum Gasteiger partial charge on any atom is -0.417 e. The maximum absolute atomic E-state index is 13.2. The number of fused-ring (bicyclic) bond motifs is 2. The van der Waals surface area contributed by atoms with Crippen LogP contribution in [0.25, 0.3) is 5.65 Å². The predicted octanol–water partition coefficient (Wildman–Crippen LogP) is 2.08. The molecule has 4 nitrogen and oxygen atoms in total. The number of hydrogen-bond donors (Lipinski definition) is 0. The molecule has 1 aliphatic carbocycles. The van der Waals surface area contributed by atoms with Crippen LogP contribution in [0.3, 0.4) is 0 Å². The third-order valence-electron chi connectivity index (χ3n) is 3.25. The molecule has 0 atom stereocenters. The average molecular weight is 506 g/mol. The van der Waals surface area contributed by atoms with Crippen molar-refractivity contribution in [2.45, 2.75) is 31.9 Å². The van der Waals surface area contributed by atoms with Gasteiger partial charge in [0.05, 0.1) is 5.65 Å². The second-order valence-electron chi connectivity index (χ2n) is 4.49. The van der Waals surface area contributed by atoms with Crippen LogP contribution in [0.5, 0.6) is 0 Å². The van der Waals surface area contributed by atoms with Gasteiger partial charge in [0.1, 0.15) is 0 Å². The minimum absolute atomic E-state index is 0. The van der Waals surface area contributed by atoms with E-state index in [0.29, 0.717) is 29.5 Å². The van der Waals surface area contributed by atoms with Crippen molar-refractivity contribution in [1.29, 1.82) is 0 Å². The summed E-state index contributed by atoms with van der Waals surface area (Å²) in [6.07, 6.45) is -0.621. The second kappa shape index (κ2) is 5.49. The Hall–Kier alpha value is -0.868. The van der Waals surface area contributed by atoms with E-state index in [1.165, 1.54) is 12.4 Å². The molecule has 0 unspecified atom stereocenters. The summed E-state index contributed by atoms with van der Waals surface area (Å²) in [6, 6.07) is 1.22. The molecule has 0 saturated carbocycles. The Balaban J connectivity index is 0.00000147. The Kier molecular flexibility index (Phi) is 4.26. The zero-order valence-electron chi connectivity index (χ0n) is 10.3. The van der Waals surface area contributed by atoms with Gasteiger partial charge in [-0.3, -0.25) is 4.98 Å². The van der Waals surface area contributed by atoms with Gasteiger partial charge in [-0.05, 0) is 31.4 Å². The van der Waals surface area contributed by atoms with Gasteiger partial charge in [0.2, 0.25) is 0 Å². The molecule has 0 spiro atoms. The maximum Gasteiger partial charge on any atom is 0.433 e. The van der Waals surface area contributed by atoms with Crippen LogP contribution in [0.2, 0.25) is 0 Å². The van der Waals surface area contributed by atoms with Gasteiger partial charge < -0.3 is 4.79 Å². The van der Waals surface area contributed by atoms with E-state index in [0.717, 1.165) is 6.42 Å². The summed E-state index contributed by atoms with van der Waals surface area (Å²) < 4.78 is 40.4. The number of aromatic nitrogens is 3. The van der Waals surface area contributed by atoms with Crippen LogP contribution in [0.1, 0.15) is 35.5 Å². The number of aryl methyl sites for hydroxylation is 1. The van der Waals surface area contributed by atoms with Crippen LogP contribution < -0.4 is 0 Å². The van der Waals surface area contributed by atoms with E-state index >= 15 is 0 Å². The van der Waals surface area contributed by atoms with Gasteiger partial charge in [0, 0.05) is 48.7 Å². The van der Waals surface area contributed by atoms with Crippen LogP contribution in [-0.2, 0) is 23.8 Å². The number of halogens is 3. The maximum atomic E-state index is 13.2. The zero-order chi connectivity index (χ0) is 13.6. The standard InChI is InChI=1S/C12H9F3N3O.U/c13-12(14,15)11-8-3-1-2-4-9(8)16-10-5-7(6-19)17-18(10)11;/h5H,1-4H2;/q-1;. The largest absolute Gasteiger partial charge is 0.433 e. The molecular weight excluding hydrogens is 497 g/mol. The molecule has 0 fully saturated rings. The van der Waals surface area contributed by atoms with Gasteiger partial charge in [-0.15, -0.1) is 6.07 Å². The summed E-state index contributed by atoms with van der Waals surface area (Å²) in [5.74, 6) is 0. The van der Waals surface area contributed by atoms with Gasteiger partial charge in [-0.2, -0.15) is 13.2 Å². The molecule has 0 amide bonds. The molecule has 0 aliphatic heterocycles. The Bertz CT molecular complexity index is 666. The number of carbonyl (C=O) groups excluding carboxylic acids is 1. The molecule has 0 N–H and O–H groups in total. The van der Waals surface area contributed by atoms with Crippen LogP contribution in [0.15, 0.2) is 6.07 Å². The summed E-state index contributed by atoms with van der Waals surface area (Å²) in [4.78, 5) is 14.7. The topological polar surface area (TPSA) is 47.3 Å². The fraction of sp³-hybridized carbons (Fsp3) is 0.417. The van der Waals surface area contributed by atoms with Crippen molar-refractivity contribution in [2.75, 3.05) is 0 Å². The molecule has 0 saturated heterocycles. The first-order valence-corrected chi connectivity index (χ1v) is 5.87. The number of nitrogens with zero attached hydrogens (tertiary/aromatic N) is 3. The summed E-state index contributed by atoms with van der Waals surface area (Å²) >= 11 is 0. The first kappa shape index (κ1) is 15.5. The molecule has 104 valence electrons. The van der Waals surface area contributed by atoms with Crippen molar-refractivity contribution >= 4 is 11.9 Å². The average Bonchev–Trinajstić information content (AvgIpc) is 2.76.